The van der Waals surface area contributed by atoms with Gasteiger partial charge in [-0.15, -0.1) is 0 Å². The van der Waals surface area contributed by atoms with E-state index < -0.39 is 7.82 Å². The summed E-state index contributed by atoms with van der Waals surface area (Å²) in [5, 5.41) is 0. The highest BCUT2D eigenvalue weighted by Crippen LogP contribution is 2.25. The van der Waals surface area contributed by atoms with Gasteiger partial charge in [0.2, 0.25) is 0 Å². The Balaban J connectivity index is 0. The van der Waals surface area contributed by atoms with E-state index in [1.165, 1.54) is 0 Å². The standard InChI is InChI=1S/C11H22NO3.H3O4P/c1-10(2)11(13)15-9-8-14-7-6-12(3,4)5;1-5(2,3)4/h1,6-9H2,2-5H3;(H3,1,2,3,4)/q+1;. The first-order valence-electron chi connectivity index (χ1n) is 5.82. The maximum Gasteiger partial charge on any atom is 0.466 e. The van der Waals surface area contributed by atoms with Crippen LogP contribution in [0.3, 0.4) is 0 Å². The van der Waals surface area contributed by atoms with Crippen LogP contribution in [-0.4, -0.2) is 72.6 Å². The topological polar surface area (TPSA) is 113 Å². The predicted octanol–water partition coefficient (Wildman–Crippen LogP) is -0.100. The summed E-state index contributed by atoms with van der Waals surface area (Å²) in [6.07, 6.45) is 0. The van der Waals surface area contributed by atoms with Gasteiger partial charge in [0, 0.05) is 5.57 Å². The van der Waals surface area contributed by atoms with E-state index in [-0.39, 0.29) is 5.97 Å². The van der Waals surface area contributed by atoms with Crippen molar-refractivity contribution in [2.75, 3.05) is 47.5 Å². The second kappa shape index (κ2) is 10.0. The highest BCUT2D eigenvalue weighted by molar-refractivity contribution is 7.45. The fourth-order valence-electron chi connectivity index (χ4n) is 0.757. The van der Waals surface area contributed by atoms with Gasteiger partial charge in [-0.2, -0.15) is 0 Å². The number of phosphoric acid groups is 1. The van der Waals surface area contributed by atoms with Gasteiger partial charge in [0.05, 0.1) is 34.4 Å². The second-order valence-electron chi connectivity index (χ2n) is 5.06. The third kappa shape index (κ3) is 25.9. The fraction of sp³-hybridized carbons (Fsp3) is 0.727. The maximum absolute atomic E-state index is 11.0. The minimum absolute atomic E-state index is 0.294. The van der Waals surface area contributed by atoms with Gasteiger partial charge in [0.25, 0.3) is 0 Å². The Morgan fingerprint density at radius 3 is 1.95 bits per heavy atom. The Morgan fingerprint density at radius 2 is 1.60 bits per heavy atom. The lowest BCUT2D eigenvalue weighted by molar-refractivity contribution is -0.870. The van der Waals surface area contributed by atoms with Gasteiger partial charge in [-0.05, 0) is 6.92 Å². The van der Waals surface area contributed by atoms with E-state index in [1.807, 2.05) is 0 Å². The quantitative estimate of drug-likeness (QED) is 0.198. The maximum atomic E-state index is 11.0. The summed E-state index contributed by atoms with van der Waals surface area (Å²) < 4.78 is 19.9. The lowest BCUT2D eigenvalue weighted by atomic mass is 10.4. The number of likely N-dealkylation sites (N-methyl/N-ethyl adjacent to an activating group) is 1. The van der Waals surface area contributed by atoms with Crippen molar-refractivity contribution in [3.05, 3.63) is 12.2 Å². The molecule has 20 heavy (non-hydrogen) atoms. The molecule has 0 saturated heterocycles. The van der Waals surface area contributed by atoms with Crippen LogP contribution in [0.2, 0.25) is 0 Å². The molecule has 0 atom stereocenters. The first-order valence-corrected chi connectivity index (χ1v) is 7.38. The van der Waals surface area contributed by atoms with Crippen LogP contribution in [0.1, 0.15) is 6.92 Å². The van der Waals surface area contributed by atoms with Crippen molar-refractivity contribution >= 4 is 13.8 Å². The molecule has 0 aliphatic carbocycles. The Bertz CT molecular complexity index is 337. The highest BCUT2D eigenvalue weighted by Gasteiger charge is 2.06. The van der Waals surface area contributed by atoms with Crippen molar-refractivity contribution in [1.29, 1.82) is 0 Å². The molecule has 9 heteroatoms. The summed E-state index contributed by atoms with van der Waals surface area (Å²) in [6, 6.07) is 0. The molecule has 0 aromatic heterocycles. The van der Waals surface area contributed by atoms with Crippen molar-refractivity contribution in [3.63, 3.8) is 0 Å². The average Bonchev–Trinajstić information content (AvgIpc) is 2.18. The molecule has 0 rings (SSSR count). The Labute approximate surface area is 119 Å². The van der Waals surface area contributed by atoms with Gasteiger partial charge in [-0.25, -0.2) is 9.36 Å². The molecule has 120 valence electrons. The van der Waals surface area contributed by atoms with Crippen LogP contribution in [0, 0.1) is 0 Å². The third-order valence-electron chi connectivity index (χ3n) is 1.72. The molecular formula is C11H25NO7P+. The van der Waals surface area contributed by atoms with Gasteiger partial charge >= 0.3 is 13.8 Å². The van der Waals surface area contributed by atoms with E-state index in [0.717, 1.165) is 11.0 Å². The molecule has 0 aromatic rings. The van der Waals surface area contributed by atoms with Gasteiger partial charge in [-0.3, -0.25) is 0 Å². The lowest BCUT2D eigenvalue weighted by Gasteiger charge is -2.23. The van der Waals surface area contributed by atoms with Crippen LogP contribution < -0.4 is 0 Å². The van der Waals surface area contributed by atoms with E-state index in [4.69, 9.17) is 28.7 Å². The van der Waals surface area contributed by atoms with Crippen molar-refractivity contribution in [1.82, 2.24) is 0 Å². The zero-order valence-corrected chi connectivity index (χ0v) is 13.3. The predicted molar refractivity (Wildman–Crippen MR) is 73.8 cm³/mol. The van der Waals surface area contributed by atoms with Crippen LogP contribution in [0.4, 0.5) is 0 Å². The molecule has 0 saturated carbocycles. The SMILES string of the molecule is C=C(C)C(=O)OCCOCC[N+](C)(C)C.O=P(O)(O)O. The van der Waals surface area contributed by atoms with Gasteiger partial charge in [-0.1, -0.05) is 6.58 Å². The van der Waals surface area contributed by atoms with Crippen LogP contribution in [-0.2, 0) is 18.8 Å². The first-order chi connectivity index (χ1) is 8.83. The zero-order valence-electron chi connectivity index (χ0n) is 12.4. The van der Waals surface area contributed by atoms with E-state index >= 15 is 0 Å². The van der Waals surface area contributed by atoms with Gasteiger partial charge < -0.3 is 28.6 Å². The number of hydrogen-bond donors (Lipinski definition) is 3. The Kier molecular flexibility index (Phi) is 10.8. The third-order valence-corrected chi connectivity index (χ3v) is 1.72. The number of quaternary nitrogens is 1. The Morgan fingerprint density at radius 1 is 1.15 bits per heavy atom. The molecule has 0 spiro atoms. The van der Waals surface area contributed by atoms with E-state index in [2.05, 4.69) is 27.7 Å². The number of esters is 1. The summed E-state index contributed by atoms with van der Waals surface area (Å²) in [7, 11) is 1.67. The molecular weight excluding hydrogens is 289 g/mol. The monoisotopic (exact) mass is 314 g/mol. The number of hydrogen-bond acceptors (Lipinski definition) is 4. The number of carbonyl (C=O) groups is 1. The molecule has 0 heterocycles. The van der Waals surface area contributed by atoms with Crippen molar-refractivity contribution < 1.29 is 38.0 Å². The molecule has 8 nitrogen and oxygen atoms in total. The second-order valence-corrected chi connectivity index (χ2v) is 6.08. The van der Waals surface area contributed by atoms with E-state index in [0.29, 0.717) is 25.4 Å². The summed E-state index contributed by atoms with van der Waals surface area (Å²) >= 11 is 0. The minimum atomic E-state index is -4.64. The summed E-state index contributed by atoms with van der Waals surface area (Å²) in [6.45, 7) is 7.46. The van der Waals surface area contributed by atoms with Crippen LogP contribution >= 0.6 is 7.82 Å². The van der Waals surface area contributed by atoms with Crippen molar-refractivity contribution in [3.8, 4) is 0 Å². The largest absolute Gasteiger partial charge is 0.466 e. The number of rotatable bonds is 7. The summed E-state index contributed by atoms with van der Waals surface area (Å²) in [5.41, 5.74) is 0.418. The smallest absolute Gasteiger partial charge is 0.460 e. The van der Waals surface area contributed by atoms with Crippen molar-refractivity contribution in [2.24, 2.45) is 0 Å². The van der Waals surface area contributed by atoms with Gasteiger partial charge in [0.15, 0.2) is 0 Å². The minimum Gasteiger partial charge on any atom is -0.460 e. The molecule has 0 unspecified atom stereocenters. The average molecular weight is 314 g/mol. The fourth-order valence-corrected chi connectivity index (χ4v) is 0.757. The lowest BCUT2D eigenvalue weighted by Crippen LogP contribution is -2.37. The zero-order chi connectivity index (χ0) is 16.4. The molecule has 3 N–H and O–H groups in total. The normalized spacial score (nSPS) is 11.3. The summed E-state index contributed by atoms with van der Waals surface area (Å²) in [5.74, 6) is -0.356. The molecule has 0 aromatic carbocycles. The molecule has 0 fully saturated rings. The molecule has 0 radical (unpaired) electrons. The van der Waals surface area contributed by atoms with Crippen LogP contribution in [0.15, 0.2) is 12.2 Å². The van der Waals surface area contributed by atoms with Crippen LogP contribution in [0.25, 0.3) is 0 Å². The Hall–Kier alpha value is -0.760. The molecule has 0 bridgehead atoms. The number of carbonyl (C=O) groups excluding carboxylic acids is 1. The van der Waals surface area contributed by atoms with Gasteiger partial charge in [0.1, 0.15) is 13.2 Å². The number of ether oxygens (including phenoxy) is 2. The number of nitrogens with zero attached hydrogens (tertiary/aromatic N) is 1. The first kappa shape index (κ1) is 21.5. The van der Waals surface area contributed by atoms with Crippen molar-refractivity contribution in [2.45, 2.75) is 6.92 Å². The highest BCUT2D eigenvalue weighted by atomic mass is 31.2. The molecule has 0 amide bonds. The molecule has 0 aliphatic rings. The van der Waals surface area contributed by atoms with E-state index in [9.17, 15) is 4.79 Å². The van der Waals surface area contributed by atoms with Crippen LogP contribution in [0.5, 0.6) is 0 Å². The van der Waals surface area contributed by atoms with E-state index in [1.54, 1.807) is 6.92 Å². The molecule has 0 aliphatic heterocycles. The summed E-state index contributed by atoms with van der Waals surface area (Å²) in [4.78, 5) is 32.5.